The highest BCUT2D eigenvalue weighted by Gasteiger charge is 2.09. The lowest BCUT2D eigenvalue weighted by Gasteiger charge is -2.06. The summed E-state index contributed by atoms with van der Waals surface area (Å²) in [4.78, 5) is 24.4. The van der Waals surface area contributed by atoms with Crippen LogP contribution in [0.3, 0.4) is 0 Å². The fourth-order valence-electron chi connectivity index (χ4n) is 2.05. The number of carbonyl (C=O) groups is 2. The number of thiophene rings is 1. The summed E-state index contributed by atoms with van der Waals surface area (Å²) in [6.07, 6.45) is 0.471. The first kappa shape index (κ1) is 17.4. The molecule has 5 heteroatoms. The van der Waals surface area contributed by atoms with E-state index in [1.165, 1.54) is 11.3 Å². The number of carbonyl (C=O) groups excluding carboxylic acids is 2. The lowest BCUT2D eigenvalue weighted by Crippen LogP contribution is -2.23. The molecule has 0 unspecified atom stereocenters. The standard InChI is InChI=1S/C18H21NO3S/c1-2-22-13-15-7-5-14(6-8-15)12-19-18(21)10-9-16(20)17-4-3-11-23-17/h3-8,11H,2,9-10,12-13H2,1H3,(H,19,21). The first-order valence-electron chi connectivity index (χ1n) is 7.68. The van der Waals surface area contributed by atoms with Crippen molar-refractivity contribution in [1.29, 1.82) is 0 Å². The van der Waals surface area contributed by atoms with E-state index in [1.54, 1.807) is 6.07 Å². The maximum absolute atomic E-state index is 11.8. The van der Waals surface area contributed by atoms with Crippen LogP contribution in [-0.2, 0) is 22.7 Å². The van der Waals surface area contributed by atoms with Crippen LogP contribution in [-0.4, -0.2) is 18.3 Å². The van der Waals surface area contributed by atoms with Crippen molar-refractivity contribution in [2.24, 2.45) is 0 Å². The number of benzene rings is 1. The summed E-state index contributed by atoms with van der Waals surface area (Å²) in [5.41, 5.74) is 2.15. The molecule has 2 aromatic rings. The average molecular weight is 331 g/mol. The summed E-state index contributed by atoms with van der Waals surface area (Å²) in [5, 5.41) is 4.71. The van der Waals surface area contributed by atoms with Crippen molar-refractivity contribution in [2.45, 2.75) is 32.9 Å². The van der Waals surface area contributed by atoms with E-state index in [-0.39, 0.29) is 24.5 Å². The van der Waals surface area contributed by atoms with Crippen molar-refractivity contribution in [3.63, 3.8) is 0 Å². The number of rotatable bonds is 9. The van der Waals surface area contributed by atoms with Gasteiger partial charge in [0.2, 0.25) is 5.91 Å². The van der Waals surface area contributed by atoms with Gasteiger partial charge in [-0.05, 0) is 29.5 Å². The minimum atomic E-state index is -0.103. The molecule has 122 valence electrons. The topological polar surface area (TPSA) is 55.4 Å². The zero-order valence-electron chi connectivity index (χ0n) is 13.2. The largest absolute Gasteiger partial charge is 0.377 e. The Kier molecular flexibility index (Phi) is 6.97. The van der Waals surface area contributed by atoms with Gasteiger partial charge in [-0.2, -0.15) is 0 Å². The fraction of sp³-hybridized carbons (Fsp3) is 0.333. The Morgan fingerprint density at radius 2 is 1.83 bits per heavy atom. The SMILES string of the molecule is CCOCc1ccc(CNC(=O)CCC(=O)c2cccs2)cc1. The highest BCUT2D eigenvalue weighted by atomic mass is 32.1. The van der Waals surface area contributed by atoms with E-state index >= 15 is 0 Å². The lowest BCUT2D eigenvalue weighted by atomic mass is 10.1. The van der Waals surface area contributed by atoms with Gasteiger partial charge in [-0.15, -0.1) is 11.3 Å². The third-order valence-electron chi connectivity index (χ3n) is 3.36. The molecule has 1 N–H and O–H groups in total. The molecule has 0 saturated carbocycles. The summed E-state index contributed by atoms with van der Waals surface area (Å²) in [7, 11) is 0. The number of ketones is 1. The van der Waals surface area contributed by atoms with Crippen molar-refractivity contribution in [3.8, 4) is 0 Å². The monoisotopic (exact) mass is 331 g/mol. The van der Waals surface area contributed by atoms with Gasteiger partial charge in [0.1, 0.15) is 0 Å². The summed E-state index contributed by atoms with van der Waals surface area (Å²) in [6, 6.07) is 11.6. The van der Waals surface area contributed by atoms with Crippen LogP contribution in [0.15, 0.2) is 41.8 Å². The average Bonchev–Trinajstić information content (AvgIpc) is 3.11. The number of ether oxygens (including phenoxy) is 1. The van der Waals surface area contributed by atoms with E-state index in [0.29, 0.717) is 24.6 Å². The smallest absolute Gasteiger partial charge is 0.220 e. The Balaban J connectivity index is 1.70. The van der Waals surface area contributed by atoms with Crippen LogP contribution >= 0.6 is 11.3 Å². The van der Waals surface area contributed by atoms with Crippen LogP contribution in [0, 0.1) is 0 Å². The van der Waals surface area contributed by atoms with Crippen molar-refractivity contribution in [2.75, 3.05) is 6.61 Å². The molecule has 0 spiro atoms. The third-order valence-corrected chi connectivity index (χ3v) is 4.27. The molecule has 1 amide bonds. The van der Waals surface area contributed by atoms with E-state index in [9.17, 15) is 9.59 Å². The molecule has 0 saturated heterocycles. The van der Waals surface area contributed by atoms with Crippen LogP contribution in [0.25, 0.3) is 0 Å². The minimum absolute atomic E-state index is 0.0235. The van der Waals surface area contributed by atoms with Crippen LogP contribution in [0.5, 0.6) is 0 Å². The van der Waals surface area contributed by atoms with Crippen LogP contribution in [0.2, 0.25) is 0 Å². The van der Waals surface area contributed by atoms with Gasteiger partial charge in [0.05, 0.1) is 11.5 Å². The van der Waals surface area contributed by atoms with Gasteiger partial charge in [0, 0.05) is 26.0 Å². The Bertz CT molecular complexity index is 620. The quantitative estimate of drug-likeness (QED) is 0.715. The van der Waals surface area contributed by atoms with Gasteiger partial charge >= 0.3 is 0 Å². The van der Waals surface area contributed by atoms with Crippen LogP contribution in [0.1, 0.15) is 40.6 Å². The van der Waals surface area contributed by atoms with E-state index in [4.69, 9.17) is 4.74 Å². The second-order valence-corrected chi connectivity index (χ2v) is 6.08. The fourth-order valence-corrected chi connectivity index (χ4v) is 2.74. The van der Waals surface area contributed by atoms with Crippen LogP contribution < -0.4 is 5.32 Å². The summed E-state index contributed by atoms with van der Waals surface area (Å²) < 4.78 is 5.34. The molecule has 4 nitrogen and oxygen atoms in total. The molecular formula is C18H21NO3S. The predicted molar refractivity (Wildman–Crippen MR) is 91.5 cm³/mol. The summed E-state index contributed by atoms with van der Waals surface area (Å²) in [5.74, 6) is -0.0799. The molecule has 0 aliphatic heterocycles. The van der Waals surface area contributed by atoms with Crippen molar-refractivity contribution < 1.29 is 14.3 Å². The molecular weight excluding hydrogens is 310 g/mol. The number of Topliss-reactive ketones (excluding diaryl/α,β-unsaturated/α-hetero) is 1. The zero-order chi connectivity index (χ0) is 16.5. The minimum Gasteiger partial charge on any atom is -0.377 e. The molecule has 0 aliphatic carbocycles. The molecule has 1 aromatic carbocycles. The lowest BCUT2D eigenvalue weighted by molar-refractivity contribution is -0.121. The summed E-state index contributed by atoms with van der Waals surface area (Å²) >= 11 is 1.41. The highest BCUT2D eigenvalue weighted by Crippen LogP contribution is 2.12. The Morgan fingerprint density at radius 3 is 2.48 bits per heavy atom. The molecule has 2 rings (SSSR count). The van der Waals surface area contributed by atoms with Crippen LogP contribution in [0.4, 0.5) is 0 Å². The molecule has 0 bridgehead atoms. The van der Waals surface area contributed by atoms with Gasteiger partial charge < -0.3 is 10.1 Å². The number of hydrogen-bond donors (Lipinski definition) is 1. The Labute approximate surface area is 140 Å². The van der Waals surface area contributed by atoms with E-state index in [1.807, 2.05) is 42.6 Å². The predicted octanol–water partition coefficient (Wildman–Crippen LogP) is 3.56. The molecule has 1 aromatic heterocycles. The second-order valence-electron chi connectivity index (χ2n) is 5.13. The molecule has 23 heavy (non-hydrogen) atoms. The Morgan fingerprint density at radius 1 is 1.09 bits per heavy atom. The third kappa shape index (κ3) is 5.96. The van der Waals surface area contributed by atoms with Gasteiger partial charge in [-0.3, -0.25) is 9.59 Å². The van der Waals surface area contributed by atoms with Gasteiger partial charge in [-0.25, -0.2) is 0 Å². The van der Waals surface area contributed by atoms with Gasteiger partial charge in [0.25, 0.3) is 0 Å². The van der Waals surface area contributed by atoms with Crippen molar-refractivity contribution >= 4 is 23.0 Å². The Hall–Kier alpha value is -1.98. The van der Waals surface area contributed by atoms with E-state index < -0.39 is 0 Å². The van der Waals surface area contributed by atoms with E-state index in [2.05, 4.69) is 5.32 Å². The van der Waals surface area contributed by atoms with Gasteiger partial charge in [-0.1, -0.05) is 30.3 Å². The normalized spacial score (nSPS) is 10.5. The first-order valence-corrected chi connectivity index (χ1v) is 8.56. The van der Waals surface area contributed by atoms with E-state index in [0.717, 1.165) is 11.1 Å². The maximum Gasteiger partial charge on any atom is 0.220 e. The second kappa shape index (κ2) is 9.22. The molecule has 0 atom stereocenters. The first-order chi connectivity index (χ1) is 11.2. The zero-order valence-corrected chi connectivity index (χ0v) is 14.0. The number of hydrogen-bond acceptors (Lipinski definition) is 4. The van der Waals surface area contributed by atoms with Crippen molar-refractivity contribution in [1.82, 2.24) is 5.32 Å². The van der Waals surface area contributed by atoms with Gasteiger partial charge in [0.15, 0.2) is 5.78 Å². The molecule has 0 aliphatic rings. The number of nitrogens with one attached hydrogen (secondary N) is 1. The molecule has 1 heterocycles. The molecule has 0 fully saturated rings. The number of amides is 1. The maximum atomic E-state index is 11.8. The van der Waals surface area contributed by atoms with Crippen molar-refractivity contribution in [3.05, 3.63) is 57.8 Å². The highest BCUT2D eigenvalue weighted by molar-refractivity contribution is 7.12. The summed E-state index contributed by atoms with van der Waals surface area (Å²) in [6.45, 7) is 3.74. The molecule has 0 radical (unpaired) electrons.